The predicted molar refractivity (Wildman–Crippen MR) is 90.8 cm³/mol. The molecule has 0 aliphatic carbocycles. The first-order chi connectivity index (χ1) is 10.5. The summed E-state index contributed by atoms with van der Waals surface area (Å²) in [4.78, 5) is 14.4. The molecule has 4 heteroatoms. The van der Waals surface area contributed by atoms with E-state index in [0.717, 1.165) is 13.0 Å². The van der Waals surface area contributed by atoms with Gasteiger partial charge in [-0.15, -0.1) is 0 Å². The van der Waals surface area contributed by atoms with Gasteiger partial charge in [0.1, 0.15) is 0 Å². The number of carbonyl (C=O) groups is 1. The van der Waals surface area contributed by atoms with Crippen molar-refractivity contribution < 1.29 is 4.79 Å². The summed E-state index contributed by atoms with van der Waals surface area (Å²) in [6.45, 7) is 0.787. The quantitative estimate of drug-likeness (QED) is 0.803. The lowest BCUT2D eigenvalue weighted by Gasteiger charge is -2.22. The topological polar surface area (TPSA) is 58.4 Å². The van der Waals surface area contributed by atoms with Crippen LogP contribution in [0, 0.1) is 0 Å². The third-order valence-corrected chi connectivity index (χ3v) is 3.42. The minimum Gasteiger partial charge on any atom is -0.399 e. The molecule has 116 valence electrons. The highest BCUT2D eigenvalue weighted by Gasteiger charge is 2.15. The molecule has 0 spiro atoms. The van der Waals surface area contributed by atoms with Crippen LogP contribution >= 0.6 is 0 Å². The van der Waals surface area contributed by atoms with Gasteiger partial charge in [-0.05, 0) is 50.3 Å². The van der Waals surface area contributed by atoms with Crippen LogP contribution < -0.4 is 11.1 Å². The van der Waals surface area contributed by atoms with Crippen LogP contribution in [-0.2, 0) is 6.42 Å². The molecule has 22 heavy (non-hydrogen) atoms. The Kier molecular flexibility index (Phi) is 5.55. The van der Waals surface area contributed by atoms with E-state index >= 15 is 0 Å². The Balaban J connectivity index is 2.05. The molecule has 0 fully saturated rings. The molecule has 2 aromatic rings. The van der Waals surface area contributed by atoms with Crippen LogP contribution in [0.15, 0.2) is 54.6 Å². The number of benzene rings is 2. The van der Waals surface area contributed by atoms with Gasteiger partial charge in [-0.2, -0.15) is 0 Å². The van der Waals surface area contributed by atoms with E-state index in [2.05, 4.69) is 22.3 Å². The maximum absolute atomic E-state index is 12.4. The second-order valence-electron chi connectivity index (χ2n) is 5.74. The van der Waals surface area contributed by atoms with Gasteiger partial charge >= 0.3 is 0 Å². The number of hydrogen-bond acceptors (Lipinski definition) is 3. The summed E-state index contributed by atoms with van der Waals surface area (Å²) in [5, 5.41) is 3.11. The average molecular weight is 297 g/mol. The summed E-state index contributed by atoms with van der Waals surface area (Å²) >= 11 is 0. The molecular weight excluding hydrogens is 274 g/mol. The van der Waals surface area contributed by atoms with Gasteiger partial charge in [0.05, 0.1) is 0 Å². The minimum absolute atomic E-state index is 0.0578. The van der Waals surface area contributed by atoms with Gasteiger partial charge in [-0.1, -0.05) is 30.3 Å². The largest absolute Gasteiger partial charge is 0.399 e. The summed E-state index contributed by atoms with van der Waals surface area (Å²) < 4.78 is 0. The van der Waals surface area contributed by atoms with Crippen molar-refractivity contribution in [3.63, 3.8) is 0 Å². The number of hydrogen-bond donors (Lipinski definition) is 2. The van der Waals surface area contributed by atoms with Crippen LogP contribution in [0.25, 0.3) is 0 Å². The van der Waals surface area contributed by atoms with Crippen molar-refractivity contribution in [2.75, 3.05) is 26.4 Å². The summed E-state index contributed by atoms with van der Waals surface area (Å²) in [6, 6.07) is 17.2. The molecular formula is C18H23N3O. The molecule has 0 saturated carbocycles. The SMILES string of the molecule is CN(C)C[C@@H](Cc1ccccc1)NC(=O)c1ccc(N)cc1. The Morgan fingerprint density at radius 3 is 2.32 bits per heavy atom. The number of anilines is 1. The van der Waals surface area contributed by atoms with E-state index in [1.54, 1.807) is 24.3 Å². The van der Waals surface area contributed by atoms with Crippen molar-refractivity contribution in [1.82, 2.24) is 10.2 Å². The molecule has 4 nitrogen and oxygen atoms in total. The van der Waals surface area contributed by atoms with E-state index < -0.39 is 0 Å². The highest BCUT2D eigenvalue weighted by atomic mass is 16.1. The molecule has 1 atom stereocenters. The fourth-order valence-electron chi connectivity index (χ4n) is 2.40. The Hall–Kier alpha value is -2.33. The second-order valence-corrected chi connectivity index (χ2v) is 5.74. The fraction of sp³-hybridized carbons (Fsp3) is 0.278. The molecule has 0 aromatic heterocycles. The molecule has 0 aliphatic heterocycles. The summed E-state index contributed by atoms with van der Waals surface area (Å²) in [5.74, 6) is -0.0669. The molecule has 0 bridgehead atoms. The molecule has 0 aliphatic rings. The van der Waals surface area contributed by atoms with Crippen molar-refractivity contribution >= 4 is 11.6 Å². The number of rotatable bonds is 6. The number of nitrogens with one attached hydrogen (secondary N) is 1. The molecule has 0 heterocycles. The summed E-state index contributed by atoms with van der Waals surface area (Å²) in [6.07, 6.45) is 0.805. The van der Waals surface area contributed by atoms with Crippen LogP contribution in [0.4, 0.5) is 5.69 Å². The van der Waals surface area contributed by atoms with Crippen LogP contribution in [0.5, 0.6) is 0 Å². The van der Waals surface area contributed by atoms with Crippen molar-refractivity contribution in [3.8, 4) is 0 Å². The summed E-state index contributed by atoms with van der Waals surface area (Å²) in [7, 11) is 4.01. The Labute approximate surface area is 131 Å². The van der Waals surface area contributed by atoms with Crippen LogP contribution in [0.2, 0.25) is 0 Å². The number of likely N-dealkylation sites (N-methyl/N-ethyl adjacent to an activating group) is 1. The zero-order chi connectivity index (χ0) is 15.9. The van der Waals surface area contributed by atoms with E-state index in [9.17, 15) is 4.79 Å². The number of amides is 1. The highest BCUT2D eigenvalue weighted by molar-refractivity contribution is 5.94. The maximum Gasteiger partial charge on any atom is 0.251 e. The first kappa shape index (κ1) is 16.0. The average Bonchev–Trinajstić information content (AvgIpc) is 2.48. The lowest BCUT2D eigenvalue weighted by Crippen LogP contribution is -2.43. The maximum atomic E-state index is 12.4. The Morgan fingerprint density at radius 2 is 1.73 bits per heavy atom. The Morgan fingerprint density at radius 1 is 1.09 bits per heavy atom. The van der Waals surface area contributed by atoms with Gasteiger partial charge in [-0.25, -0.2) is 0 Å². The van der Waals surface area contributed by atoms with Gasteiger partial charge in [0.15, 0.2) is 0 Å². The van der Waals surface area contributed by atoms with Crippen LogP contribution in [0.1, 0.15) is 15.9 Å². The van der Waals surface area contributed by atoms with Gasteiger partial charge in [-0.3, -0.25) is 4.79 Å². The second kappa shape index (κ2) is 7.61. The first-order valence-corrected chi connectivity index (χ1v) is 7.39. The lowest BCUT2D eigenvalue weighted by molar-refractivity contribution is 0.0930. The highest BCUT2D eigenvalue weighted by Crippen LogP contribution is 2.08. The van der Waals surface area contributed by atoms with Crippen LogP contribution in [-0.4, -0.2) is 37.5 Å². The molecule has 2 rings (SSSR count). The predicted octanol–water partition coefficient (Wildman–Crippen LogP) is 2.17. The van der Waals surface area contributed by atoms with Gasteiger partial charge in [0, 0.05) is 23.8 Å². The monoisotopic (exact) mass is 297 g/mol. The van der Waals surface area contributed by atoms with Crippen molar-refractivity contribution in [2.45, 2.75) is 12.5 Å². The minimum atomic E-state index is -0.0669. The van der Waals surface area contributed by atoms with Gasteiger partial charge in [0.25, 0.3) is 5.91 Å². The first-order valence-electron chi connectivity index (χ1n) is 7.39. The van der Waals surface area contributed by atoms with E-state index in [-0.39, 0.29) is 11.9 Å². The zero-order valence-electron chi connectivity index (χ0n) is 13.1. The third kappa shape index (κ3) is 4.90. The van der Waals surface area contributed by atoms with E-state index in [1.165, 1.54) is 5.56 Å². The molecule has 0 radical (unpaired) electrons. The van der Waals surface area contributed by atoms with E-state index in [1.807, 2.05) is 32.3 Å². The number of nitrogens with zero attached hydrogens (tertiary/aromatic N) is 1. The molecule has 1 amide bonds. The molecule has 0 saturated heterocycles. The number of nitrogens with two attached hydrogens (primary N) is 1. The zero-order valence-corrected chi connectivity index (χ0v) is 13.1. The van der Waals surface area contributed by atoms with E-state index in [0.29, 0.717) is 11.3 Å². The van der Waals surface area contributed by atoms with Crippen LogP contribution in [0.3, 0.4) is 0 Å². The Bertz CT molecular complexity index is 593. The van der Waals surface area contributed by atoms with Crippen molar-refractivity contribution in [1.29, 1.82) is 0 Å². The number of carbonyl (C=O) groups excluding carboxylic acids is 1. The number of nitrogen functional groups attached to an aromatic ring is 1. The van der Waals surface area contributed by atoms with Gasteiger partial charge < -0.3 is 16.0 Å². The van der Waals surface area contributed by atoms with E-state index in [4.69, 9.17) is 5.73 Å². The summed E-state index contributed by atoms with van der Waals surface area (Å²) in [5.41, 5.74) is 8.16. The van der Waals surface area contributed by atoms with Crippen molar-refractivity contribution in [2.24, 2.45) is 0 Å². The normalized spacial score (nSPS) is 12.1. The lowest BCUT2D eigenvalue weighted by atomic mass is 10.0. The van der Waals surface area contributed by atoms with Gasteiger partial charge in [0.2, 0.25) is 0 Å². The molecule has 2 aromatic carbocycles. The molecule has 3 N–H and O–H groups in total. The van der Waals surface area contributed by atoms with Crippen molar-refractivity contribution in [3.05, 3.63) is 65.7 Å². The third-order valence-electron chi connectivity index (χ3n) is 3.42. The fourth-order valence-corrected chi connectivity index (χ4v) is 2.40. The smallest absolute Gasteiger partial charge is 0.251 e. The standard InChI is InChI=1S/C18H23N3O/c1-21(2)13-17(12-14-6-4-3-5-7-14)20-18(22)15-8-10-16(19)11-9-15/h3-11,17H,12-13,19H2,1-2H3,(H,20,22)/t17-/m1/s1. The molecule has 0 unspecified atom stereocenters.